The van der Waals surface area contributed by atoms with Gasteiger partial charge in [0.2, 0.25) is 0 Å². The van der Waals surface area contributed by atoms with Crippen LogP contribution in [0.5, 0.6) is 0 Å². The quantitative estimate of drug-likeness (QED) is 0.760. The van der Waals surface area contributed by atoms with Crippen LogP contribution in [0, 0.1) is 0 Å². The van der Waals surface area contributed by atoms with Crippen molar-refractivity contribution in [3.05, 3.63) is 42.0 Å². The van der Waals surface area contributed by atoms with E-state index in [9.17, 15) is 4.79 Å². The number of nitrogens with zero attached hydrogens (tertiary/aromatic N) is 3. The van der Waals surface area contributed by atoms with Gasteiger partial charge in [-0.25, -0.2) is 14.5 Å². The van der Waals surface area contributed by atoms with Crippen LogP contribution in [-0.2, 0) is 13.1 Å². The van der Waals surface area contributed by atoms with E-state index in [-0.39, 0.29) is 12.1 Å². The molecule has 128 valence electrons. The Hall–Kier alpha value is -2.57. The molecule has 1 atom stereocenters. The Bertz CT molecular complexity index is 666. The van der Waals surface area contributed by atoms with Gasteiger partial charge in [-0.1, -0.05) is 19.1 Å². The molecule has 2 aromatic rings. The molecule has 0 fully saturated rings. The van der Waals surface area contributed by atoms with Crippen LogP contribution in [0.2, 0.25) is 0 Å². The Morgan fingerprint density at radius 1 is 1.33 bits per heavy atom. The molecule has 0 radical (unpaired) electrons. The fourth-order valence-electron chi connectivity index (χ4n) is 2.83. The van der Waals surface area contributed by atoms with Crippen molar-refractivity contribution in [3.63, 3.8) is 0 Å². The lowest BCUT2D eigenvalue weighted by Crippen LogP contribution is -2.39. The molecule has 1 aromatic heterocycles. The normalized spacial score (nSPS) is 16.3. The average Bonchev–Trinajstić information content (AvgIpc) is 3.09. The molecule has 0 aliphatic carbocycles. The van der Waals surface area contributed by atoms with E-state index >= 15 is 0 Å². The first-order chi connectivity index (χ1) is 11.8. The van der Waals surface area contributed by atoms with Crippen LogP contribution in [0.15, 0.2) is 30.6 Å². The number of benzene rings is 1. The van der Waals surface area contributed by atoms with Gasteiger partial charge in [0.15, 0.2) is 0 Å². The number of rotatable bonds is 6. The van der Waals surface area contributed by atoms with E-state index in [2.05, 4.69) is 33.0 Å². The van der Waals surface area contributed by atoms with E-state index in [1.54, 1.807) is 6.33 Å². The lowest BCUT2D eigenvalue weighted by Gasteiger charge is -2.23. The summed E-state index contributed by atoms with van der Waals surface area (Å²) < 4.78 is 1.86. The minimum atomic E-state index is -0.176. The SMILES string of the molecule is CCCNc1ccc(CNC(=O)N[C@@H]2CCCn3ncnc32)cc1. The largest absolute Gasteiger partial charge is 0.385 e. The van der Waals surface area contributed by atoms with Gasteiger partial charge in [-0.05, 0) is 37.0 Å². The van der Waals surface area contributed by atoms with E-state index in [1.165, 1.54) is 0 Å². The molecule has 0 spiro atoms. The summed E-state index contributed by atoms with van der Waals surface area (Å²) in [4.78, 5) is 16.4. The monoisotopic (exact) mass is 328 g/mol. The van der Waals surface area contributed by atoms with Gasteiger partial charge < -0.3 is 16.0 Å². The number of carbonyl (C=O) groups excluding carboxylic acids is 1. The highest BCUT2D eigenvalue weighted by Crippen LogP contribution is 2.21. The van der Waals surface area contributed by atoms with Gasteiger partial charge in [-0.3, -0.25) is 0 Å². The molecule has 7 heteroatoms. The summed E-state index contributed by atoms with van der Waals surface area (Å²) in [6.07, 6.45) is 4.53. The molecule has 0 bridgehead atoms. The zero-order valence-corrected chi connectivity index (χ0v) is 14.0. The third-order valence-electron chi connectivity index (χ3n) is 4.11. The summed E-state index contributed by atoms with van der Waals surface area (Å²) in [5.74, 6) is 0.836. The number of urea groups is 1. The van der Waals surface area contributed by atoms with E-state index in [0.717, 1.165) is 49.4 Å². The van der Waals surface area contributed by atoms with Crippen LogP contribution in [0.1, 0.15) is 43.6 Å². The number of aryl methyl sites for hydroxylation is 1. The fraction of sp³-hybridized carbons (Fsp3) is 0.471. The van der Waals surface area contributed by atoms with Crippen LogP contribution < -0.4 is 16.0 Å². The van der Waals surface area contributed by atoms with Gasteiger partial charge in [-0.2, -0.15) is 5.10 Å². The lowest BCUT2D eigenvalue weighted by molar-refractivity contribution is 0.232. The summed E-state index contributed by atoms with van der Waals surface area (Å²) >= 11 is 0. The molecule has 3 N–H and O–H groups in total. The van der Waals surface area contributed by atoms with Crippen molar-refractivity contribution in [1.82, 2.24) is 25.4 Å². The molecule has 0 unspecified atom stereocenters. The van der Waals surface area contributed by atoms with Crippen molar-refractivity contribution in [1.29, 1.82) is 0 Å². The second-order valence-corrected chi connectivity index (χ2v) is 5.99. The molecule has 1 aliphatic rings. The van der Waals surface area contributed by atoms with E-state index < -0.39 is 0 Å². The number of hydrogen-bond acceptors (Lipinski definition) is 4. The van der Waals surface area contributed by atoms with E-state index in [4.69, 9.17) is 0 Å². The summed E-state index contributed by atoms with van der Waals surface area (Å²) in [6, 6.07) is 7.87. The summed E-state index contributed by atoms with van der Waals surface area (Å²) in [5.41, 5.74) is 2.17. The second-order valence-electron chi connectivity index (χ2n) is 5.99. The molecule has 0 saturated carbocycles. The van der Waals surface area contributed by atoms with Crippen LogP contribution >= 0.6 is 0 Å². The molecule has 2 amide bonds. The number of hydrogen-bond donors (Lipinski definition) is 3. The van der Waals surface area contributed by atoms with Gasteiger partial charge in [0.05, 0.1) is 6.04 Å². The third kappa shape index (κ3) is 4.04. The molecule has 24 heavy (non-hydrogen) atoms. The molecular formula is C17H24N6O. The molecular weight excluding hydrogens is 304 g/mol. The van der Waals surface area contributed by atoms with E-state index in [1.807, 2.05) is 28.9 Å². The maximum Gasteiger partial charge on any atom is 0.315 e. The number of anilines is 1. The number of amides is 2. The zero-order chi connectivity index (χ0) is 16.8. The summed E-state index contributed by atoms with van der Waals surface area (Å²) in [5, 5.41) is 13.4. The van der Waals surface area contributed by atoms with Crippen LogP contribution in [0.4, 0.5) is 10.5 Å². The number of fused-ring (bicyclic) bond motifs is 1. The number of nitrogens with one attached hydrogen (secondary N) is 3. The van der Waals surface area contributed by atoms with Crippen molar-refractivity contribution in [3.8, 4) is 0 Å². The first kappa shape index (κ1) is 16.3. The van der Waals surface area contributed by atoms with Crippen LogP contribution in [-0.4, -0.2) is 27.3 Å². The predicted octanol–water partition coefficient (Wildman–Crippen LogP) is 2.43. The first-order valence-electron chi connectivity index (χ1n) is 8.51. The van der Waals surface area contributed by atoms with Gasteiger partial charge in [0.25, 0.3) is 0 Å². The van der Waals surface area contributed by atoms with Crippen LogP contribution in [0.3, 0.4) is 0 Å². The summed E-state index contributed by atoms with van der Waals surface area (Å²) in [6.45, 7) is 4.47. The highest BCUT2D eigenvalue weighted by Gasteiger charge is 2.23. The topological polar surface area (TPSA) is 83.9 Å². The molecule has 7 nitrogen and oxygen atoms in total. The Balaban J connectivity index is 1.48. The first-order valence-corrected chi connectivity index (χ1v) is 8.51. The van der Waals surface area contributed by atoms with Gasteiger partial charge in [-0.15, -0.1) is 0 Å². The van der Waals surface area contributed by atoms with Crippen molar-refractivity contribution in [2.75, 3.05) is 11.9 Å². The highest BCUT2D eigenvalue weighted by atomic mass is 16.2. The van der Waals surface area contributed by atoms with Gasteiger partial charge in [0, 0.05) is 25.3 Å². The molecule has 1 aliphatic heterocycles. The number of carbonyl (C=O) groups is 1. The maximum atomic E-state index is 12.1. The zero-order valence-electron chi connectivity index (χ0n) is 14.0. The Labute approximate surface area is 141 Å². The van der Waals surface area contributed by atoms with Crippen molar-refractivity contribution in [2.45, 2.75) is 45.3 Å². The van der Waals surface area contributed by atoms with Crippen molar-refractivity contribution >= 4 is 11.7 Å². The molecule has 1 aromatic carbocycles. The standard InChI is InChI=1S/C17H24N6O/c1-2-9-18-14-7-5-13(6-8-14)11-19-17(24)22-15-4-3-10-23-16(15)20-12-21-23/h5-8,12,15,18H,2-4,9-11H2,1H3,(H2,19,22,24)/t15-/m1/s1. The molecule has 2 heterocycles. The van der Waals surface area contributed by atoms with Crippen LogP contribution in [0.25, 0.3) is 0 Å². The Kier molecular flexibility index (Phi) is 5.30. The Morgan fingerprint density at radius 3 is 2.96 bits per heavy atom. The lowest BCUT2D eigenvalue weighted by atomic mass is 10.1. The van der Waals surface area contributed by atoms with E-state index in [0.29, 0.717) is 6.54 Å². The fourth-order valence-corrected chi connectivity index (χ4v) is 2.83. The average molecular weight is 328 g/mol. The maximum absolute atomic E-state index is 12.1. The smallest absolute Gasteiger partial charge is 0.315 e. The predicted molar refractivity (Wildman–Crippen MR) is 92.6 cm³/mol. The minimum absolute atomic E-state index is 0.0677. The minimum Gasteiger partial charge on any atom is -0.385 e. The highest BCUT2D eigenvalue weighted by molar-refractivity contribution is 5.74. The number of aromatic nitrogens is 3. The van der Waals surface area contributed by atoms with Crippen molar-refractivity contribution < 1.29 is 4.79 Å². The molecule has 0 saturated heterocycles. The third-order valence-corrected chi connectivity index (χ3v) is 4.11. The Morgan fingerprint density at radius 2 is 2.17 bits per heavy atom. The van der Waals surface area contributed by atoms with Gasteiger partial charge in [0.1, 0.15) is 12.2 Å². The second kappa shape index (κ2) is 7.81. The summed E-state index contributed by atoms with van der Waals surface area (Å²) in [7, 11) is 0. The molecule has 3 rings (SSSR count). The van der Waals surface area contributed by atoms with Gasteiger partial charge >= 0.3 is 6.03 Å². The van der Waals surface area contributed by atoms with Crippen molar-refractivity contribution in [2.24, 2.45) is 0 Å².